The van der Waals surface area contributed by atoms with Crippen molar-refractivity contribution in [3.63, 3.8) is 0 Å². The zero-order chi connectivity index (χ0) is 20.4. The van der Waals surface area contributed by atoms with Crippen LogP contribution >= 0.6 is 24.8 Å². The largest absolute Gasteiger partial charge is 0.351 e. The Labute approximate surface area is 193 Å². The van der Waals surface area contributed by atoms with Crippen LogP contribution in [0.15, 0.2) is 24.3 Å². The van der Waals surface area contributed by atoms with Crippen molar-refractivity contribution >= 4 is 42.3 Å². The summed E-state index contributed by atoms with van der Waals surface area (Å²) in [5, 5.41) is 9.31. The van der Waals surface area contributed by atoms with Crippen LogP contribution in [0.25, 0.3) is 0 Å². The van der Waals surface area contributed by atoms with Gasteiger partial charge in [0, 0.05) is 30.8 Å². The van der Waals surface area contributed by atoms with Crippen LogP contribution in [0.1, 0.15) is 50.4 Å². The molecular weight excluding hydrogens is 423 g/mol. The minimum atomic E-state index is -0.0801. The number of carbonyl (C=O) groups excluding carboxylic acids is 2. The molecule has 1 fully saturated rings. The summed E-state index contributed by atoms with van der Waals surface area (Å²) in [6.07, 6.45) is 2.91. The van der Waals surface area contributed by atoms with Crippen LogP contribution in [0, 0.1) is 11.8 Å². The summed E-state index contributed by atoms with van der Waals surface area (Å²) in [5.74, 6) is 0.892. The van der Waals surface area contributed by atoms with Crippen molar-refractivity contribution in [3.8, 4) is 0 Å². The van der Waals surface area contributed by atoms with Crippen LogP contribution in [0.3, 0.4) is 0 Å². The molecule has 6 nitrogen and oxygen atoms in total. The SMILES string of the molecule is CCN(CC)CCNC(=O)c1ccc(NC(=O)CC(C)C2CCCNC2)cc1.Cl.Cl. The van der Waals surface area contributed by atoms with Crippen LogP contribution < -0.4 is 16.0 Å². The number of nitrogens with one attached hydrogen (secondary N) is 3. The van der Waals surface area contributed by atoms with Gasteiger partial charge in [0.15, 0.2) is 0 Å². The van der Waals surface area contributed by atoms with Gasteiger partial charge in [0.2, 0.25) is 5.91 Å². The van der Waals surface area contributed by atoms with E-state index in [1.807, 2.05) is 0 Å². The molecule has 1 aromatic rings. The second kappa shape index (κ2) is 15.5. The van der Waals surface area contributed by atoms with Crippen molar-refractivity contribution in [3.05, 3.63) is 29.8 Å². The molecule has 0 spiro atoms. The highest BCUT2D eigenvalue weighted by molar-refractivity contribution is 5.95. The number of anilines is 1. The number of hydrogen-bond acceptors (Lipinski definition) is 4. The maximum absolute atomic E-state index is 12.3. The van der Waals surface area contributed by atoms with Crippen molar-refractivity contribution in [2.75, 3.05) is 44.6 Å². The van der Waals surface area contributed by atoms with E-state index in [1.165, 1.54) is 12.8 Å². The normalized spacial score (nSPS) is 16.7. The molecule has 0 bridgehead atoms. The Morgan fingerprint density at radius 1 is 1.17 bits per heavy atom. The Bertz CT molecular complexity index is 618. The summed E-state index contributed by atoms with van der Waals surface area (Å²) in [6, 6.07) is 7.11. The molecule has 0 aliphatic carbocycles. The summed E-state index contributed by atoms with van der Waals surface area (Å²) < 4.78 is 0. The first-order valence-electron chi connectivity index (χ1n) is 10.6. The molecule has 1 aromatic carbocycles. The number of halogens is 2. The van der Waals surface area contributed by atoms with Crippen molar-refractivity contribution in [1.82, 2.24) is 15.5 Å². The van der Waals surface area contributed by atoms with Gasteiger partial charge in [0.25, 0.3) is 5.91 Å². The predicted octanol–water partition coefficient (Wildman–Crippen LogP) is 3.57. The molecule has 1 aliphatic heterocycles. The first-order chi connectivity index (χ1) is 13.5. The summed E-state index contributed by atoms with van der Waals surface area (Å²) in [4.78, 5) is 26.8. The van der Waals surface area contributed by atoms with Crippen LogP contribution in [0.5, 0.6) is 0 Å². The van der Waals surface area contributed by atoms with Crippen molar-refractivity contribution in [1.29, 1.82) is 0 Å². The lowest BCUT2D eigenvalue weighted by Gasteiger charge is -2.28. The molecule has 3 N–H and O–H groups in total. The first kappa shape index (κ1) is 28.7. The number of hydrogen-bond donors (Lipinski definition) is 3. The molecule has 1 heterocycles. The van der Waals surface area contributed by atoms with Crippen LogP contribution in [-0.4, -0.2) is 56.0 Å². The quantitative estimate of drug-likeness (QED) is 0.498. The van der Waals surface area contributed by atoms with E-state index < -0.39 is 0 Å². The number of rotatable bonds is 10. The fourth-order valence-corrected chi connectivity index (χ4v) is 3.71. The molecule has 2 atom stereocenters. The Hall–Kier alpha value is -1.34. The lowest BCUT2D eigenvalue weighted by molar-refractivity contribution is -0.117. The Kier molecular flexibility index (Phi) is 14.8. The fourth-order valence-electron chi connectivity index (χ4n) is 3.71. The van der Waals surface area contributed by atoms with Gasteiger partial charge in [0.1, 0.15) is 0 Å². The lowest BCUT2D eigenvalue weighted by atomic mass is 9.85. The molecule has 2 rings (SSSR count). The summed E-state index contributed by atoms with van der Waals surface area (Å²) >= 11 is 0. The predicted molar refractivity (Wildman–Crippen MR) is 129 cm³/mol. The van der Waals surface area contributed by atoms with Crippen LogP contribution in [-0.2, 0) is 4.79 Å². The first-order valence-corrected chi connectivity index (χ1v) is 10.6. The summed E-state index contributed by atoms with van der Waals surface area (Å²) in [5.41, 5.74) is 1.35. The standard InChI is InChI=1S/C22H36N4O2.2ClH/c1-4-26(5-2)14-13-24-22(28)18-8-10-20(11-9-18)25-21(27)15-17(3)19-7-6-12-23-16-19;;/h8-11,17,19,23H,4-7,12-16H2,1-3H3,(H,24,28)(H,25,27);2*1H. The van der Waals surface area contributed by atoms with Gasteiger partial charge < -0.3 is 20.9 Å². The van der Waals surface area contributed by atoms with E-state index in [0.717, 1.165) is 38.4 Å². The molecule has 1 aliphatic rings. The average Bonchev–Trinajstić information content (AvgIpc) is 2.72. The highest BCUT2D eigenvalue weighted by atomic mass is 35.5. The van der Waals surface area contributed by atoms with Gasteiger partial charge in [0.05, 0.1) is 0 Å². The maximum atomic E-state index is 12.3. The molecule has 8 heteroatoms. The molecule has 2 amide bonds. The van der Waals surface area contributed by atoms with E-state index in [-0.39, 0.29) is 36.6 Å². The molecule has 2 unspecified atom stereocenters. The third-order valence-electron chi connectivity index (χ3n) is 5.69. The number of amides is 2. The highest BCUT2D eigenvalue weighted by Gasteiger charge is 2.22. The van der Waals surface area contributed by atoms with Gasteiger partial charge in [-0.05, 0) is 75.1 Å². The molecular formula is C22H38Cl2N4O2. The van der Waals surface area contributed by atoms with Crippen molar-refractivity contribution < 1.29 is 9.59 Å². The number of carbonyl (C=O) groups is 2. The third-order valence-corrected chi connectivity index (χ3v) is 5.69. The van der Waals surface area contributed by atoms with Gasteiger partial charge in [-0.1, -0.05) is 20.8 Å². The second-order valence-corrected chi connectivity index (χ2v) is 7.70. The molecule has 0 radical (unpaired) electrons. The zero-order valence-corrected chi connectivity index (χ0v) is 20.0. The van der Waals surface area contributed by atoms with Crippen LogP contribution in [0.4, 0.5) is 5.69 Å². The van der Waals surface area contributed by atoms with Gasteiger partial charge in [-0.3, -0.25) is 9.59 Å². The highest BCUT2D eigenvalue weighted by Crippen LogP contribution is 2.23. The Morgan fingerprint density at radius 2 is 1.83 bits per heavy atom. The molecule has 1 saturated heterocycles. The molecule has 0 saturated carbocycles. The summed E-state index contributed by atoms with van der Waals surface area (Å²) in [7, 11) is 0. The Morgan fingerprint density at radius 3 is 2.40 bits per heavy atom. The average molecular weight is 461 g/mol. The number of benzene rings is 1. The fraction of sp³-hybridized carbons (Fsp3) is 0.636. The third kappa shape index (κ3) is 9.65. The van der Waals surface area contributed by atoms with Gasteiger partial charge in [-0.2, -0.15) is 0 Å². The van der Waals surface area contributed by atoms with E-state index >= 15 is 0 Å². The van der Waals surface area contributed by atoms with E-state index in [0.29, 0.717) is 30.4 Å². The lowest BCUT2D eigenvalue weighted by Crippen LogP contribution is -2.34. The van der Waals surface area contributed by atoms with E-state index in [9.17, 15) is 9.59 Å². The van der Waals surface area contributed by atoms with Gasteiger partial charge in [-0.15, -0.1) is 24.8 Å². The van der Waals surface area contributed by atoms with E-state index in [2.05, 4.69) is 41.6 Å². The smallest absolute Gasteiger partial charge is 0.251 e. The number of piperidine rings is 1. The van der Waals surface area contributed by atoms with Crippen molar-refractivity contribution in [2.24, 2.45) is 11.8 Å². The van der Waals surface area contributed by atoms with Crippen LogP contribution in [0.2, 0.25) is 0 Å². The summed E-state index contributed by atoms with van der Waals surface area (Å²) in [6.45, 7) is 11.9. The number of likely N-dealkylation sites (N-methyl/N-ethyl adjacent to an activating group) is 1. The Balaban J connectivity index is 0.00000420. The maximum Gasteiger partial charge on any atom is 0.251 e. The zero-order valence-electron chi connectivity index (χ0n) is 18.4. The topological polar surface area (TPSA) is 73.5 Å². The van der Waals surface area contributed by atoms with E-state index in [1.54, 1.807) is 24.3 Å². The molecule has 0 aromatic heterocycles. The minimum absolute atomic E-state index is 0. The van der Waals surface area contributed by atoms with E-state index in [4.69, 9.17) is 0 Å². The number of nitrogens with zero attached hydrogens (tertiary/aromatic N) is 1. The molecule has 172 valence electrons. The minimum Gasteiger partial charge on any atom is -0.351 e. The monoisotopic (exact) mass is 460 g/mol. The second-order valence-electron chi connectivity index (χ2n) is 7.70. The molecule has 30 heavy (non-hydrogen) atoms. The van der Waals surface area contributed by atoms with Gasteiger partial charge in [-0.25, -0.2) is 0 Å². The van der Waals surface area contributed by atoms with Gasteiger partial charge >= 0.3 is 0 Å². The van der Waals surface area contributed by atoms with Crippen molar-refractivity contribution in [2.45, 2.75) is 40.0 Å².